The molecule has 0 bridgehead atoms. The van der Waals surface area contributed by atoms with Gasteiger partial charge in [-0.15, -0.1) is 0 Å². The van der Waals surface area contributed by atoms with Gasteiger partial charge in [0.15, 0.2) is 0 Å². The summed E-state index contributed by atoms with van der Waals surface area (Å²) in [5.41, 5.74) is 4.78. The van der Waals surface area contributed by atoms with E-state index in [0.717, 1.165) is 22.9 Å². The van der Waals surface area contributed by atoms with Gasteiger partial charge in [-0.25, -0.2) is 9.18 Å². The van der Waals surface area contributed by atoms with Crippen LogP contribution in [0.25, 0.3) is 11.6 Å². The minimum absolute atomic E-state index is 0.234. The maximum absolute atomic E-state index is 14.2. The number of carboxylic acid groups (broad SMARTS) is 1. The number of carbonyl (C=O) groups excluding carboxylic acids is 3. The average Bonchev–Trinajstić information content (AvgIpc) is 3.35. The van der Waals surface area contributed by atoms with Crippen LogP contribution in [-0.2, 0) is 16.0 Å². The summed E-state index contributed by atoms with van der Waals surface area (Å²) >= 11 is 0. The fourth-order valence-corrected chi connectivity index (χ4v) is 4.62. The molecule has 11 heteroatoms. The second-order valence-corrected chi connectivity index (χ2v) is 9.44. The molecule has 4 rings (SSSR count). The van der Waals surface area contributed by atoms with Crippen LogP contribution in [0, 0.1) is 25.6 Å². The molecule has 0 radical (unpaired) electrons. The van der Waals surface area contributed by atoms with Crippen LogP contribution in [0.2, 0.25) is 0 Å². The molecule has 10 nitrogen and oxygen atoms in total. The van der Waals surface area contributed by atoms with E-state index in [4.69, 9.17) is 4.74 Å². The van der Waals surface area contributed by atoms with E-state index < -0.39 is 29.6 Å². The highest BCUT2D eigenvalue weighted by Gasteiger charge is 2.26. The molecule has 1 atom stereocenters. The first kappa shape index (κ1) is 28.1. The summed E-state index contributed by atoms with van der Waals surface area (Å²) in [7, 11) is 1.37. The van der Waals surface area contributed by atoms with Crippen LogP contribution in [0.4, 0.5) is 20.6 Å². The molecular formula is C29H29FN4O6. The molecule has 1 aliphatic rings. The maximum Gasteiger partial charge on any atom is 0.326 e. The summed E-state index contributed by atoms with van der Waals surface area (Å²) in [6, 6.07) is 7.54. The van der Waals surface area contributed by atoms with Gasteiger partial charge in [0, 0.05) is 28.7 Å². The Balaban J connectivity index is 1.50. The molecular weight excluding hydrogens is 519 g/mol. The monoisotopic (exact) mass is 548 g/mol. The standard InChI is InChI=1S/C29H29FN4O6/c1-5-16(28(37)38)10-21-14(2)24(31-15(21)3)13-22-19-8-6-17(11-25(19)33-27(22)36)32-29(39)34-26(35)20-9-7-18(40-4)12-23(20)30/h6-9,11-13,16,31H,5,10H2,1-4H3,(H,33,36)(H,37,38)(H2,32,34,35,39). The molecule has 1 aromatic heterocycles. The summed E-state index contributed by atoms with van der Waals surface area (Å²) < 4.78 is 19.1. The normalized spacial score (nSPS) is 13.9. The Labute approximate surface area is 229 Å². The predicted molar refractivity (Wildman–Crippen MR) is 148 cm³/mol. The number of rotatable bonds is 8. The summed E-state index contributed by atoms with van der Waals surface area (Å²) in [4.78, 5) is 52.3. The molecule has 0 saturated carbocycles. The molecule has 3 aromatic rings. The number of fused-ring (bicyclic) bond motifs is 1. The number of hydrogen-bond acceptors (Lipinski definition) is 5. The molecule has 208 valence electrons. The number of H-pyrrole nitrogens is 1. The number of amides is 4. The van der Waals surface area contributed by atoms with Gasteiger partial charge in [0.05, 0.1) is 29.9 Å². The van der Waals surface area contributed by atoms with Crippen LogP contribution in [0.5, 0.6) is 5.75 Å². The van der Waals surface area contributed by atoms with Crippen molar-refractivity contribution >= 4 is 46.8 Å². The molecule has 5 N–H and O–H groups in total. The number of nitrogens with one attached hydrogen (secondary N) is 4. The number of anilines is 2. The SMILES string of the molecule is CCC(Cc1c(C)[nH]c(C=C2C(=O)Nc3cc(NC(=O)NC(=O)c4ccc(OC)cc4F)ccc32)c1C)C(=O)O. The number of halogens is 1. The van der Waals surface area contributed by atoms with E-state index >= 15 is 0 Å². The molecule has 40 heavy (non-hydrogen) atoms. The van der Waals surface area contributed by atoms with E-state index in [-0.39, 0.29) is 17.2 Å². The van der Waals surface area contributed by atoms with Crippen LogP contribution in [0.15, 0.2) is 36.4 Å². The number of carboxylic acids is 1. The van der Waals surface area contributed by atoms with Gasteiger partial charge in [-0.1, -0.05) is 13.0 Å². The van der Waals surface area contributed by atoms with E-state index in [1.54, 1.807) is 24.3 Å². The van der Waals surface area contributed by atoms with E-state index in [2.05, 4.69) is 20.9 Å². The van der Waals surface area contributed by atoms with Crippen LogP contribution in [0.1, 0.15) is 51.8 Å². The number of carbonyl (C=O) groups is 4. The minimum atomic E-state index is -0.929. The number of aliphatic carboxylic acids is 1. The summed E-state index contributed by atoms with van der Waals surface area (Å²) in [6.07, 6.45) is 2.61. The first-order valence-electron chi connectivity index (χ1n) is 12.6. The Morgan fingerprint density at radius 1 is 1.15 bits per heavy atom. The number of imide groups is 1. The van der Waals surface area contributed by atoms with Crippen molar-refractivity contribution in [1.82, 2.24) is 10.3 Å². The minimum Gasteiger partial charge on any atom is -0.497 e. The Morgan fingerprint density at radius 3 is 2.55 bits per heavy atom. The number of methoxy groups -OCH3 is 1. The van der Waals surface area contributed by atoms with Crippen LogP contribution in [0.3, 0.4) is 0 Å². The highest BCUT2D eigenvalue weighted by Crippen LogP contribution is 2.36. The van der Waals surface area contributed by atoms with Gasteiger partial charge >= 0.3 is 12.0 Å². The van der Waals surface area contributed by atoms with E-state index in [9.17, 15) is 28.7 Å². The molecule has 2 aromatic carbocycles. The lowest BCUT2D eigenvalue weighted by Gasteiger charge is -2.10. The lowest BCUT2D eigenvalue weighted by Crippen LogP contribution is -2.34. The van der Waals surface area contributed by atoms with Crippen LogP contribution >= 0.6 is 0 Å². The van der Waals surface area contributed by atoms with Gasteiger partial charge in [0.1, 0.15) is 11.6 Å². The molecule has 4 amide bonds. The number of ether oxygens (including phenoxy) is 1. The lowest BCUT2D eigenvalue weighted by atomic mass is 9.94. The highest BCUT2D eigenvalue weighted by molar-refractivity contribution is 6.35. The molecule has 1 aliphatic heterocycles. The van der Waals surface area contributed by atoms with Crippen molar-refractivity contribution in [2.45, 2.75) is 33.6 Å². The number of urea groups is 1. The van der Waals surface area contributed by atoms with E-state index in [1.807, 2.05) is 20.8 Å². The van der Waals surface area contributed by atoms with E-state index in [0.29, 0.717) is 41.0 Å². The lowest BCUT2D eigenvalue weighted by molar-refractivity contribution is -0.141. The predicted octanol–water partition coefficient (Wildman–Crippen LogP) is 4.89. The third kappa shape index (κ3) is 5.73. The van der Waals surface area contributed by atoms with Gasteiger partial charge in [-0.2, -0.15) is 0 Å². The van der Waals surface area contributed by atoms with E-state index in [1.165, 1.54) is 19.2 Å². The maximum atomic E-state index is 14.2. The zero-order valence-corrected chi connectivity index (χ0v) is 22.4. The van der Waals surface area contributed by atoms with Gasteiger partial charge in [0.2, 0.25) is 0 Å². The first-order valence-corrected chi connectivity index (χ1v) is 12.6. The zero-order chi connectivity index (χ0) is 29.1. The van der Waals surface area contributed by atoms with Gasteiger partial charge in [0.25, 0.3) is 11.8 Å². The van der Waals surface area contributed by atoms with Crippen LogP contribution < -0.4 is 20.7 Å². The third-order valence-corrected chi connectivity index (χ3v) is 6.92. The number of aromatic nitrogens is 1. The quantitative estimate of drug-likeness (QED) is 0.253. The molecule has 2 heterocycles. The number of benzene rings is 2. The number of aryl methyl sites for hydroxylation is 1. The highest BCUT2D eigenvalue weighted by atomic mass is 19.1. The van der Waals surface area contributed by atoms with Crippen LogP contribution in [-0.4, -0.2) is 41.0 Å². The molecule has 0 aliphatic carbocycles. The van der Waals surface area contributed by atoms with Crippen molar-refractivity contribution in [3.63, 3.8) is 0 Å². The summed E-state index contributed by atoms with van der Waals surface area (Å²) in [5.74, 6) is -3.22. The van der Waals surface area contributed by atoms with Gasteiger partial charge < -0.3 is 25.5 Å². The fourth-order valence-electron chi connectivity index (χ4n) is 4.62. The Kier molecular flexibility index (Phi) is 8.03. The second kappa shape index (κ2) is 11.4. The van der Waals surface area contributed by atoms with Crippen molar-refractivity contribution < 1.29 is 33.4 Å². The largest absolute Gasteiger partial charge is 0.497 e. The Bertz CT molecular complexity index is 1560. The fraction of sp³-hybridized carbons (Fsp3) is 0.241. The molecule has 0 fully saturated rings. The van der Waals surface area contributed by atoms with Crippen molar-refractivity contribution in [2.75, 3.05) is 17.7 Å². The van der Waals surface area contributed by atoms with Gasteiger partial charge in [-0.3, -0.25) is 19.7 Å². The first-order chi connectivity index (χ1) is 19.0. The van der Waals surface area contributed by atoms with Crippen molar-refractivity contribution in [3.8, 4) is 5.75 Å². The zero-order valence-electron chi connectivity index (χ0n) is 22.4. The van der Waals surface area contributed by atoms with Crippen molar-refractivity contribution in [1.29, 1.82) is 0 Å². The number of aromatic amines is 1. The number of hydrogen-bond donors (Lipinski definition) is 5. The Hall–Kier alpha value is -4.93. The molecule has 1 unspecified atom stereocenters. The molecule has 0 spiro atoms. The topological polar surface area (TPSA) is 150 Å². The second-order valence-electron chi connectivity index (χ2n) is 9.44. The van der Waals surface area contributed by atoms with Gasteiger partial charge in [-0.05, 0) is 68.2 Å². The smallest absolute Gasteiger partial charge is 0.326 e. The summed E-state index contributed by atoms with van der Waals surface area (Å²) in [6.45, 7) is 5.60. The average molecular weight is 549 g/mol. The van der Waals surface area contributed by atoms with Crippen molar-refractivity contribution in [3.05, 3.63) is 75.9 Å². The van der Waals surface area contributed by atoms with Crippen molar-refractivity contribution in [2.24, 2.45) is 5.92 Å². The molecule has 0 saturated heterocycles. The summed E-state index contributed by atoms with van der Waals surface area (Å²) in [5, 5.41) is 16.8. The third-order valence-electron chi connectivity index (χ3n) is 6.92. The Morgan fingerprint density at radius 2 is 1.90 bits per heavy atom.